The van der Waals surface area contributed by atoms with Gasteiger partial charge in [-0.15, -0.1) is 0 Å². The van der Waals surface area contributed by atoms with Crippen LogP contribution < -0.4 is 4.74 Å². The van der Waals surface area contributed by atoms with E-state index >= 15 is 0 Å². The average Bonchev–Trinajstić information content (AvgIpc) is 3.05. The molecule has 2 aromatic rings. The molecule has 1 amide bonds. The van der Waals surface area contributed by atoms with Crippen LogP contribution in [-0.4, -0.2) is 39.9 Å². The Kier molecular flexibility index (Phi) is 4.65. The van der Waals surface area contributed by atoms with Gasteiger partial charge < -0.3 is 9.64 Å². The number of carbonyl (C=O) groups is 1. The Hall–Kier alpha value is -2.96. The number of pyridine rings is 1. The highest BCUT2D eigenvalue weighted by Gasteiger charge is 2.30. The van der Waals surface area contributed by atoms with Crippen LogP contribution in [0.1, 0.15) is 27.9 Å². The van der Waals surface area contributed by atoms with E-state index in [1.165, 1.54) is 6.07 Å². The molecule has 25 heavy (non-hydrogen) atoms. The van der Waals surface area contributed by atoms with E-state index in [2.05, 4.69) is 4.98 Å². The lowest BCUT2D eigenvalue weighted by Gasteiger charge is -2.18. The fraction of sp³-hybridized carbons (Fsp3) is 0.333. The van der Waals surface area contributed by atoms with E-state index < -0.39 is 4.92 Å². The van der Waals surface area contributed by atoms with E-state index in [9.17, 15) is 14.9 Å². The number of ether oxygens (including phenoxy) is 1. The molecule has 0 radical (unpaired) electrons. The minimum atomic E-state index is -0.467. The van der Waals surface area contributed by atoms with Gasteiger partial charge in [-0.05, 0) is 25.5 Å². The van der Waals surface area contributed by atoms with Gasteiger partial charge in [-0.25, -0.2) is 4.98 Å². The van der Waals surface area contributed by atoms with Crippen molar-refractivity contribution in [1.82, 2.24) is 9.88 Å². The van der Waals surface area contributed by atoms with Gasteiger partial charge in [-0.2, -0.15) is 0 Å². The van der Waals surface area contributed by atoms with Gasteiger partial charge >= 0.3 is 0 Å². The molecule has 0 saturated carbocycles. The summed E-state index contributed by atoms with van der Waals surface area (Å²) in [6.07, 6.45) is 2.31. The maximum atomic E-state index is 12.7. The number of nitrogens with zero attached hydrogens (tertiary/aromatic N) is 3. The normalized spacial score (nSPS) is 16.7. The first kappa shape index (κ1) is 16.9. The predicted molar refractivity (Wildman–Crippen MR) is 91.7 cm³/mol. The maximum Gasteiger partial charge on any atom is 0.273 e. The van der Waals surface area contributed by atoms with Gasteiger partial charge in [-0.1, -0.05) is 12.1 Å². The molecule has 1 saturated heterocycles. The minimum Gasteiger partial charge on any atom is -0.472 e. The van der Waals surface area contributed by atoms with Gasteiger partial charge in [0, 0.05) is 42.4 Å². The molecule has 2 heterocycles. The van der Waals surface area contributed by atoms with Crippen molar-refractivity contribution in [1.29, 1.82) is 0 Å². The van der Waals surface area contributed by atoms with Crippen molar-refractivity contribution >= 4 is 11.6 Å². The highest BCUT2D eigenvalue weighted by molar-refractivity contribution is 5.96. The van der Waals surface area contributed by atoms with Crippen LogP contribution in [0.15, 0.2) is 36.5 Å². The first-order chi connectivity index (χ1) is 12.0. The summed E-state index contributed by atoms with van der Waals surface area (Å²) in [7, 11) is 0. The third-order valence-electron chi connectivity index (χ3n) is 4.34. The van der Waals surface area contributed by atoms with Crippen LogP contribution in [0.2, 0.25) is 0 Å². The number of amides is 1. The zero-order valence-corrected chi connectivity index (χ0v) is 14.1. The summed E-state index contributed by atoms with van der Waals surface area (Å²) in [6.45, 7) is 4.55. The van der Waals surface area contributed by atoms with Gasteiger partial charge in [0.25, 0.3) is 11.6 Å². The Morgan fingerprint density at radius 3 is 2.80 bits per heavy atom. The highest BCUT2D eigenvalue weighted by atomic mass is 16.6. The first-order valence-electron chi connectivity index (χ1n) is 8.08. The second-order valence-electron chi connectivity index (χ2n) is 6.16. The van der Waals surface area contributed by atoms with Crippen molar-refractivity contribution in [3.05, 3.63) is 63.3 Å². The van der Waals surface area contributed by atoms with Crippen LogP contribution in [0.4, 0.5) is 5.69 Å². The molecule has 1 aromatic heterocycles. The summed E-state index contributed by atoms with van der Waals surface area (Å²) in [6, 6.07) is 8.31. The number of benzene rings is 1. The molecule has 1 aliphatic heterocycles. The number of carbonyl (C=O) groups excluding carboxylic acids is 1. The maximum absolute atomic E-state index is 12.7. The molecule has 0 aliphatic carbocycles. The van der Waals surface area contributed by atoms with Crippen LogP contribution in [0, 0.1) is 24.0 Å². The van der Waals surface area contributed by atoms with Gasteiger partial charge in [0.2, 0.25) is 5.88 Å². The molecule has 1 aliphatic rings. The summed E-state index contributed by atoms with van der Waals surface area (Å²) in [5.41, 5.74) is 1.77. The van der Waals surface area contributed by atoms with Crippen molar-refractivity contribution in [3.8, 4) is 5.88 Å². The summed E-state index contributed by atoms with van der Waals surface area (Å²) in [4.78, 5) is 29.2. The Morgan fingerprint density at radius 1 is 1.32 bits per heavy atom. The van der Waals surface area contributed by atoms with Gasteiger partial charge in [0.1, 0.15) is 6.10 Å². The summed E-state index contributed by atoms with van der Waals surface area (Å²) < 4.78 is 5.83. The number of aryl methyl sites for hydroxylation is 1. The third-order valence-corrected chi connectivity index (χ3v) is 4.34. The van der Waals surface area contributed by atoms with E-state index in [1.54, 1.807) is 30.2 Å². The van der Waals surface area contributed by atoms with Crippen molar-refractivity contribution in [2.45, 2.75) is 26.4 Å². The van der Waals surface area contributed by atoms with Crippen LogP contribution in [0.25, 0.3) is 0 Å². The lowest BCUT2D eigenvalue weighted by atomic mass is 10.1. The second kappa shape index (κ2) is 6.88. The first-order valence-corrected chi connectivity index (χ1v) is 8.08. The summed E-state index contributed by atoms with van der Waals surface area (Å²) in [5.74, 6) is 0.334. The molecule has 0 bridgehead atoms. The lowest BCUT2D eigenvalue weighted by Crippen LogP contribution is -2.31. The molecule has 0 spiro atoms. The zero-order valence-electron chi connectivity index (χ0n) is 14.1. The number of rotatable bonds is 4. The van der Waals surface area contributed by atoms with Crippen LogP contribution in [0.5, 0.6) is 5.88 Å². The van der Waals surface area contributed by atoms with Gasteiger partial charge in [-0.3, -0.25) is 14.9 Å². The van der Waals surface area contributed by atoms with Gasteiger partial charge in [0.05, 0.1) is 11.5 Å². The number of hydrogen-bond acceptors (Lipinski definition) is 5. The predicted octanol–water partition coefficient (Wildman–Crippen LogP) is 2.90. The molecule has 1 atom stereocenters. The standard InChI is InChI=1S/C18H19N3O4/c1-12-6-7-17(19-10-12)25-14-8-9-20(11-14)18(22)15-4-3-5-16(13(15)2)21(23)24/h3-7,10,14H,8-9,11H2,1-2H3. The zero-order chi connectivity index (χ0) is 18.0. The van der Waals surface area contributed by atoms with E-state index in [-0.39, 0.29) is 17.7 Å². The molecular formula is C18H19N3O4. The molecule has 1 aromatic carbocycles. The number of hydrogen-bond donors (Lipinski definition) is 0. The van der Waals surface area contributed by atoms with Crippen molar-refractivity contribution in [2.75, 3.05) is 13.1 Å². The fourth-order valence-electron chi connectivity index (χ4n) is 2.93. The number of likely N-dealkylation sites (tertiary alicyclic amines) is 1. The van der Waals surface area contributed by atoms with E-state index in [0.29, 0.717) is 36.5 Å². The van der Waals surface area contributed by atoms with E-state index in [1.807, 2.05) is 19.1 Å². The number of nitro benzene ring substituents is 1. The fourth-order valence-corrected chi connectivity index (χ4v) is 2.93. The molecule has 1 fully saturated rings. The lowest BCUT2D eigenvalue weighted by molar-refractivity contribution is -0.385. The summed E-state index contributed by atoms with van der Waals surface area (Å²) >= 11 is 0. The SMILES string of the molecule is Cc1ccc(OC2CCN(C(=O)c3cccc([N+](=O)[O-])c3C)C2)nc1. The molecule has 7 heteroatoms. The number of aromatic nitrogens is 1. The average molecular weight is 341 g/mol. The third kappa shape index (κ3) is 3.60. The Morgan fingerprint density at radius 2 is 2.12 bits per heavy atom. The van der Waals surface area contributed by atoms with Crippen molar-refractivity contribution in [2.24, 2.45) is 0 Å². The quantitative estimate of drug-likeness (QED) is 0.630. The highest BCUT2D eigenvalue weighted by Crippen LogP contribution is 2.24. The van der Waals surface area contributed by atoms with Crippen LogP contribution >= 0.6 is 0 Å². The van der Waals surface area contributed by atoms with Gasteiger partial charge in [0.15, 0.2) is 0 Å². The second-order valence-corrected chi connectivity index (χ2v) is 6.16. The smallest absolute Gasteiger partial charge is 0.273 e. The minimum absolute atomic E-state index is 0.0401. The topological polar surface area (TPSA) is 85.6 Å². The molecule has 130 valence electrons. The Balaban J connectivity index is 1.69. The molecule has 1 unspecified atom stereocenters. The number of nitro groups is 1. The monoisotopic (exact) mass is 341 g/mol. The molecule has 3 rings (SSSR count). The molecular weight excluding hydrogens is 322 g/mol. The molecule has 0 N–H and O–H groups in total. The summed E-state index contributed by atoms with van der Waals surface area (Å²) in [5, 5.41) is 11.1. The van der Waals surface area contributed by atoms with E-state index in [0.717, 1.165) is 5.56 Å². The largest absolute Gasteiger partial charge is 0.472 e. The van der Waals surface area contributed by atoms with E-state index in [4.69, 9.17) is 4.74 Å². The Labute approximate surface area is 145 Å². The molecule has 7 nitrogen and oxygen atoms in total. The van der Waals surface area contributed by atoms with Crippen molar-refractivity contribution in [3.63, 3.8) is 0 Å². The van der Waals surface area contributed by atoms with Crippen molar-refractivity contribution < 1.29 is 14.5 Å². The van der Waals surface area contributed by atoms with Crippen LogP contribution in [-0.2, 0) is 0 Å². The van der Waals surface area contributed by atoms with Crippen LogP contribution in [0.3, 0.4) is 0 Å². The Bertz CT molecular complexity index is 804.